The van der Waals surface area contributed by atoms with Gasteiger partial charge in [0, 0.05) is 32.0 Å². The Labute approximate surface area is 181 Å². The van der Waals surface area contributed by atoms with E-state index in [1.807, 2.05) is 37.3 Å². The molecule has 0 bridgehead atoms. The van der Waals surface area contributed by atoms with E-state index in [4.69, 9.17) is 9.57 Å². The molecule has 168 valence electrons. The van der Waals surface area contributed by atoms with Crippen LogP contribution in [0.4, 0.5) is 0 Å². The molecular formula is C24H38N2O4. The van der Waals surface area contributed by atoms with E-state index in [0.717, 1.165) is 37.8 Å². The van der Waals surface area contributed by atoms with Gasteiger partial charge in [-0.25, -0.2) is 5.06 Å². The zero-order valence-electron chi connectivity index (χ0n) is 17.6. The fourth-order valence-electron chi connectivity index (χ4n) is 4.44. The van der Waals surface area contributed by atoms with Gasteiger partial charge in [0.05, 0.1) is 18.6 Å². The number of carbonyl (C=O) groups is 2. The highest BCUT2D eigenvalue weighted by Gasteiger charge is 2.36. The van der Waals surface area contributed by atoms with Crippen molar-refractivity contribution in [2.45, 2.75) is 65.0 Å². The van der Waals surface area contributed by atoms with E-state index in [1.54, 1.807) is 7.11 Å². The van der Waals surface area contributed by atoms with Gasteiger partial charge in [-0.05, 0) is 44.2 Å². The first-order valence-corrected chi connectivity index (χ1v) is 10.9. The smallest absolute Gasteiger partial charge is 0.250 e. The van der Waals surface area contributed by atoms with Crippen molar-refractivity contribution < 1.29 is 19.2 Å². The normalized spacial score (nSPS) is 22.1. The van der Waals surface area contributed by atoms with Gasteiger partial charge in [-0.3, -0.25) is 14.4 Å². The molecule has 1 aromatic carbocycles. The van der Waals surface area contributed by atoms with E-state index in [9.17, 15) is 9.59 Å². The number of benzene rings is 1. The first-order chi connectivity index (χ1) is 14.1. The minimum atomic E-state index is -0.417. The average Bonchev–Trinajstić information content (AvgIpc) is 3.29. The maximum Gasteiger partial charge on any atom is 0.250 e. The summed E-state index contributed by atoms with van der Waals surface area (Å²) in [5.41, 5.74) is 1.06. The Kier molecular flexibility index (Phi) is 9.95. The number of ether oxygens (including phenoxy) is 1. The van der Waals surface area contributed by atoms with Gasteiger partial charge >= 0.3 is 0 Å². The van der Waals surface area contributed by atoms with E-state index in [2.05, 4.69) is 5.32 Å². The second kappa shape index (κ2) is 12.2. The predicted molar refractivity (Wildman–Crippen MR) is 118 cm³/mol. The summed E-state index contributed by atoms with van der Waals surface area (Å²) >= 11 is 0. The maximum absolute atomic E-state index is 13.2. The number of methoxy groups -OCH3 is 1. The Morgan fingerprint density at radius 1 is 1.23 bits per heavy atom. The molecule has 2 saturated heterocycles. The topological polar surface area (TPSA) is 67.9 Å². The number of rotatable bonds is 9. The maximum atomic E-state index is 13.2. The minimum Gasteiger partial charge on any atom is -0.379 e. The summed E-state index contributed by atoms with van der Waals surface area (Å²) in [4.78, 5) is 31.9. The second-order valence-corrected chi connectivity index (χ2v) is 8.23. The van der Waals surface area contributed by atoms with Crippen LogP contribution in [-0.2, 0) is 25.6 Å². The SMILES string of the molecule is C.CO[C@@H]([C@@H]1CCCN1)[C@@H](C)C(=O)C[C@@H](Cc1ccccc1)C(=O)N1CCCCO1. The molecule has 2 aliphatic rings. The molecule has 0 aromatic heterocycles. The predicted octanol–water partition coefficient (Wildman–Crippen LogP) is 3.40. The first-order valence-electron chi connectivity index (χ1n) is 10.9. The highest BCUT2D eigenvalue weighted by atomic mass is 16.7. The van der Waals surface area contributed by atoms with Crippen LogP contribution in [0.15, 0.2) is 30.3 Å². The van der Waals surface area contributed by atoms with Gasteiger partial charge in [0.2, 0.25) is 5.91 Å². The first kappa shape index (κ1) is 24.5. The molecular weight excluding hydrogens is 380 g/mol. The number of amides is 1. The number of nitrogens with one attached hydrogen (secondary N) is 1. The van der Waals surface area contributed by atoms with Crippen molar-refractivity contribution in [2.75, 3.05) is 26.8 Å². The molecule has 0 aliphatic carbocycles. The lowest BCUT2D eigenvalue weighted by molar-refractivity contribution is -0.201. The van der Waals surface area contributed by atoms with Crippen LogP contribution in [0.3, 0.4) is 0 Å². The molecule has 0 saturated carbocycles. The summed E-state index contributed by atoms with van der Waals surface area (Å²) in [6.45, 7) is 4.05. The number of Topliss-reactive ketones (excluding diaryl/α,β-unsaturated/α-hetero) is 1. The summed E-state index contributed by atoms with van der Waals surface area (Å²) in [7, 11) is 1.67. The van der Waals surface area contributed by atoms with Gasteiger partial charge in [-0.1, -0.05) is 44.7 Å². The van der Waals surface area contributed by atoms with E-state index in [-0.39, 0.29) is 43.6 Å². The Morgan fingerprint density at radius 2 is 2.00 bits per heavy atom. The Hall–Kier alpha value is -1.76. The molecule has 30 heavy (non-hydrogen) atoms. The van der Waals surface area contributed by atoms with Crippen LogP contribution < -0.4 is 5.32 Å². The summed E-state index contributed by atoms with van der Waals surface area (Å²) < 4.78 is 5.69. The number of hydroxylamine groups is 2. The molecule has 2 heterocycles. The second-order valence-electron chi connectivity index (χ2n) is 8.23. The fourth-order valence-corrected chi connectivity index (χ4v) is 4.44. The molecule has 2 aliphatic heterocycles. The molecule has 4 atom stereocenters. The third-order valence-electron chi connectivity index (χ3n) is 6.14. The molecule has 3 rings (SSSR count). The van der Waals surface area contributed by atoms with Crippen molar-refractivity contribution in [3.63, 3.8) is 0 Å². The number of hydrogen-bond donors (Lipinski definition) is 1. The van der Waals surface area contributed by atoms with Crippen LogP contribution in [-0.4, -0.2) is 55.7 Å². The third kappa shape index (κ3) is 6.37. The van der Waals surface area contributed by atoms with Gasteiger partial charge in [0.15, 0.2) is 0 Å². The quantitative estimate of drug-likeness (QED) is 0.666. The van der Waals surface area contributed by atoms with E-state index in [0.29, 0.717) is 19.6 Å². The van der Waals surface area contributed by atoms with Gasteiger partial charge in [0.25, 0.3) is 0 Å². The molecule has 0 unspecified atom stereocenters. The summed E-state index contributed by atoms with van der Waals surface area (Å²) in [6.07, 6.45) is 4.61. The largest absolute Gasteiger partial charge is 0.379 e. The lowest BCUT2D eigenvalue weighted by Gasteiger charge is -2.31. The van der Waals surface area contributed by atoms with Gasteiger partial charge in [-0.2, -0.15) is 0 Å². The van der Waals surface area contributed by atoms with Crippen molar-refractivity contribution >= 4 is 11.7 Å². The molecule has 2 fully saturated rings. The molecule has 6 heteroatoms. The molecule has 6 nitrogen and oxygen atoms in total. The van der Waals surface area contributed by atoms with Crippen LogP contribution in [0.2, 0.25) is 0 Å². The Morgan fingerprint density at radius 3 is 2.60 bits per heavy atom. The lowest BCUT2D eigenvalue weighted by Crippen LogP contribution is -2.45. The minimum absolute atomic E-state index is 0. The molecule has 1 N–H and O–H groups in total. The van der Waals surface area contributed by atoms with Gasteiger partial charge in [0.1, 0.15) is 5.78 Å². The molecule has 0 radical (unpaired) electrons. The van der Waals surface area contributed by atoms with Crippen molar-refractivity contribution in [3.05, 3.63) is 35.9 Å². The lowest BCUT2D eigenvalue weighted by atomic mass is 9.85. The van der Waals surface area contributed by atoms with Crippen molar-refractivity contribution in [1.29, 1.82) is 0 Å². The van der Waals surface area contributed by atoms with E-state index in [1.165, 1.54) is 5.06 Å². The number of ketones is 1. The zero-order valence-corrected chi connectivity index (χ0v) is 17.6. The Balaban J connectivity index is 0.00000320. The fraction of sp³-hybridized carbons (Fsp3) is 0.667. The summed E-state index contributed by atoms with van der Waals surface area (Å²) in [6, 6.07) is 10.1. The van der Waals surface area contributed by atoms with E-state index < -0.39 is 5.92 Å². The average molecular weight is 419 g/mol. The van der Waals surface area contributed by atoms with E-state index >= 15 is 0 Å². The highest BCUT2D eigenvalue weighted by molar-refractivity contribution is 5.88. The van der Waals surface area contributed by atoms with Crippen molar-refractivity contribution in [3.8, 4) is 0 Å². The monoisotopic (exact) mass is 418 g/mol. The van der Waals surface area contributed by atoms with Crippen molar-refractivity contribution in [2.24, 2.45) is 11.8 Å². The van der Waals surface area contributed by atoms with Crippen molar-refractivity contribution in [1.82, 2.24) is 10.4 Å². The highest BCUT2D eigenvalue weighted by Crippen LogP contribution is 2.24. The summed E-state index contributed by atoms with van der Waals surface area (Å²) in [5, 5.41) is 4.91. The van der Waals surface area contributed by atoms with Gasteiger partial charge < -0.3 is 10.1 Å². The van der Waals surface area contributed by atoms with Crippen LogP contribution in [0.1, 0.15) is 52.0 Å². The molecule has 1 aromatic rings. The Bertz CT molecular complexity index is 654. The summed E-state index contributed by atoms with van der Waals surface area (Å²) in [5.74, 6) is -0.678. The zero-order chi connectivity index (χ0) is 20.6. The van der Waals surface area contributed by atoms with Crippen LogP contribution in [0.25, 0.3) is 0 Å². The van der Waals surface area contributed by atoms with Gasteiger partial charge in [-0.15, -0.1) is 0 Å². The number of hydrogen-bond acceptors (Lipinski definition) is 5. The van der Waals surface area contributed by atoms with Crippen LogP contribution in [0, 0.1) is 11.8 Å². The molecule has 0 spiro atoms. The molecule has 1 amide bonds. The standard InChI is InChI=1S/C23H34N2O4.CH4/c1-17(22(28-2)20-11-8-12-24-20)21(26)16-19(15-18-9-4-3-5-10-18)23(27)25-13-6-7-14-29-25;/h3-5,9-10,17,19-20,22,24H,6-8,11-16H2,1-2H3;1H4/t17-,19+,20-,22+;/m0./s1. The third-order valence-corrected chi connectivity index (χ3v) is 6.14. The van der Waals surface area contributed by atoms with Crippen LogP contribution >= 0.6 is 0 Å². The number of carbonyl (C=O) groups excluding carboxylic acids is 2. The number of nitrogens with zero attached hydrogens (tertiary/aromatic N) is 1. The van der Waals surface area contributed by atoms with Crippen LogP contribution in [0.5, 0.6) is 0 Å².